The Kier molecular flexibility index (Phi) is 7.30. The van der Waals surface area contributed by atoms with Crippen molar-refractivity contribution >= 4 is 17.2 Å². The Hall–Kier alpha value is -2.74. The number of thiazole rings is 1. The van der Waals surface area contributed by atoms with Crippen molar-refractivity contribution in [3.8, 4) is 16.3 Å². The lowest BCUT2D eigenvalue weighted by atomic mass is 10.1. The smallest absolute Gasteiger partial charge is 0.226 e. The van der Waals surface area contributed by atoms with Crippen LogP contribution in [0.25, 0.3) is 10.6 Å². The molecule has 1 amide bonds. The second-order valence-electron chi connectivity index (χ2n) is 7.53. The summed E-state index contributed by atoms with van der Waals surface area (Å²) < 4.78 is 10.6. The largest absolute Gasteiger partial charge is 0.497 e. The molecule has 1 aliphatic rings. The summed E-state index contributed by atoms with van der Waals surface area (Å²) in [6.07, 6.45) is 0.280. The van der Waals surface area contributed by atoms with Gasteiger partial charge in [0.1, 0.15) is 10.8 Å². The highest BCUT2D eigenvalue weighted by atomic mass is 32.1. The molecule has 4 rings (SSSR count). The van der Waals surface area contributed by atoms with E-state index in [1.807, 2.05) is 29.6 Å². The van der Waals surface area contributed by atoms with Gasteiger partial charge in [-0.15, -0.1) is 11.3 Å². The summed E-state index contributed by atoms with van der Waals surface area (Å²) in [4.78, 5) is 19.4. The number of carbonyl (C=O) groups excluding carboxylic acids is 1. The predicted octanol–water partition coefficient (Wildman–Crippen LogP) is 3.51. The maximum absolute atomic E-state index is 12.3. The van der Waals surface area contributed by atoms with Crippen LogP contribution in [-0.4, -0.2) is 49.2 Å². The van der Waals surface area contributed by atoms with Crippen LogP contribution >= 0.6 is 11.3 Å². The van der Waals surface area contributed by atoms with Crippen LogP contribution in [0, 0.1) is 0 Å². The molecule has 0 atom stereocenters. The standard InChI is InChI=1S/C24H27N3O3S/c1-29-22-8-4-18(5-9-22)15-25-23(28)14-21-17-31-24(26-21)20-6-2-19(3-7-20)16-27-10-12-30-13-11-27/h2-9,17H,10-16H2,1H3,(H,25,28). The number of methoxy groups -OCH3 is 1. The van der Waals surface area contributed by atoms with Crippen LogP contribution in [0.4, 0.5) is 0 Å². The maximum atomic E-state index is 12.3. The normalized spacial score (nSPS) is 14.4. The minimum Gasteiger partial charge on any atom is -0.497 e. The Morgan fingerprint density at radius 1 is 1.10 bits per heavy atom. The molecule has 1 fully saturated rings. The van der Waals surface area contributed by atoms with Gasteiger partial charge in [-0.2, -0.15) is 0 Å². The predicted molar refractivity (Wildman–Crippen MR) is 122 cm³/mol. The van der Waals surface area contributed by atoms with Crippen LogP contribution in [0.1, 0.15) is 16.8 Å². The number of carbonyl (C=O) groups is 1. The Balaban J connectivity index is 1.28. The molecule has 0 saturated carbocycles. The fraction of sp³-hybridized carbons (Fsp3) is 0.333. The highest BCUT2D eigenvalue weighted by molar-refractivity contribution is 7.13. The molecule has 31 heavy (non-hydrogen) atoms. The van der Waals surface area contributed by atoms with E-state index in [4.69, 9.17) is 9.47 Å². The summed E-state index contributed by atoms with van der Waals surface area (Å²) in [5.74, 6) is 0.771. The van der Waals surface area contributed by atoms with Gasteiger partial charge in [0.25, 0.3) is 0 Å². The number of aromatic nitrogens is 1. The highest BCUT2D eigenvalue weighted by Gasteiger charge is 2.12. The number of benzene rings is 2. The zero-order valence-corrected chi connectivity index (χ0v) is 18.5. The first kappa shape index (κ1) is 21.5. The minimum absolute atomic E-state index is 0.0338. The molecule has 162 valence electrons. The molecule has 3 aromatic rings. The van der Waals surface area contributed by atoms with Crippen LogP contribution in [0.2, 0.25) is 0 Å². The highest BCUT2D eigenvalue weighted by Crippen LogP contribution is 2.24. The third-order valence-electron chi connectivity index (χ3n) is 5.25. The molecule has 0 radical (unpaired) electrons. The van der Waals surface area contributed by atoms with Crippen LogP contribution < -0.4 is 10.1 Å². The second-order valence-corrected chi connectivity index (χ2v) is 8.39. The number of ether oxygens (including phenoxy) is 2. The number of amides is 1. The molecule has 2 heterocycles. The first-order valence-electron chi connectivity index (χ1n) is 10.4. The van der Waals surface area contributed by atoms with Gasteiger partial charge < -0.3 is 14.8 Å². The van der Waals surface area contributed by atoms with Gasteiger partial charge in [-0.25, -0.2) is 4.98 Å². The number of rotatable bonds is 8. The van der Waals surface area contributed by atoms with E-state index in [1.54, 1.807) is 18.4 Å². The summed E-state index contributed by atoms with van der Waals surface area (Å²) in [7, 11) is 1.64. The maximum Gasteiger partial charge on any atom is 0.226 e. The summed E-state index contributed by atoms with van der Waals surface area (Å²) >= 11 is 1.57. The van der Waals surface area contributed by atoms with Crippen molar-refractivity contribution in [3.05, 3.63) is 70.7 Å². The first-order valence-corrected chi connectivity index (χ1v) is 11.3. The van der Waals surface area contributed by atoms with Crippen molar-refractivity contribution in [2.45, 2.75) is 19.5 Å². The molecule has 2 aromatic carbocycles. The topological polar surface area (TPSA) is 63.7 Å². The van der Waals surface area contributed by atoms with Gasteiger partial charge in [-0.3, -0.25) is 9.69 Å². The van der Waals surface area contributed by atoms with Gasteiger partial charge in [-0.1, -0.05) is 36.4 Å². The lowest BCUT2D eigenvalue weighted by Crippen LogP contribution is -2.35. The van der Waals surface area contributed by atoms with Crippen molar-refractivity contribution in [1.29, 1.82) is 0 Å². The van der Waals surface area contributed by atoms with Crippen LogP contribution in [0.3, 0.4) is 0 Å². The van der Waals surface area contributed by atoms with E-state index in [9.17, 15) is 4.79 Å². The van der Waals surface area contributed by atoms with Gasteiger partial charge in [-0.05, 0) is 23.3 Å². The van der Waals surface area contributed by atoms with Crippen molar-refractivity contribution in [3.63, 3.8) is 0 Å². The minimum atomic E-state index is -0.0338. The number of hydrogen-bond acceptors (Lipinski definition) is 6. The van der Waals surface area contributed by atoms with E-state index in [2.05, 4.69) is 39.5 Å². The molecule has 0 aliphatic carbocycles. The lowest BCUT2D eigenvalue weighted by Gasteiger charge is -2.26. The van der Waals surface area contributed by atoms with Gasteiger partial charge in [0.15, 0.2) is 0 Å². The molecule has 0 spiro atoms. The van der Waals surface area contributed by atoms with E-state index in [0.29, 0.717) is 6.54 Å². The Bertz CT molecular complexity index is 980. The third-order valence-corrected chi connectivity index (χ3v) is 6.19. The summed E-state index contributed by atoms with van der Waals surface area (Å²) in [6, 6.07) is 16.2. The van der Waals surface area contributed by atoms with Gasteiger partial charge in [0.05, 0.1) is 32.4 Å². The average Bonchev–Trinajstić information content (AvgIpc) is 3.27. The van der Waals surface area contributed by atoms with Crippen LogP contribution in [-0.2, 0) is 29.0 Å². The fourth-order valence-corrected chi connectivity index (χ4v) is 4.29. The van der Waals surface area contributed by atoms with E-state index >= 15 is 0 Å². The quantitative estimate of drug-likeness (QED) is 0.584. The van der Waals surface area contributed by atoms with E-state index in [0.717, 1.165) is 60.4 Å². The monoisotopic (exact) mass is 437 g/mol. The molecule has 0 unspecified atom stereocenters. The SMILES string of the molecule is COc1ccc(CNC(=O)Cc2csc(-c3ccc(CN4CCOCC4)cc3)n2)cc1. The molecule has 0 bridgehead atoms. The molecular formula is C24H27N3O3S. The summed E-state index contributed by atoms with van der Waals surface area (Å²) in [5, 5.41) is 5.85. The molecule has 1 aromatic heterocycles. The van der Waals surface area contributed by atoms with Crippen molar-refractivity contribution in [1.82, 2.24) is 15.2 Å². The molecule has 1 N–H and O–H groups in total. The van der Waals surface area contributed by atoms with E-state index in [-0.39, 0.29) is 12.3 Å². The van der Waals surface area contributed by atoms with E-state index < -0.39 is 0 Å². The zero-order valence-electron chi connectivity index (χ0n) is 17.7. The Morgan fingerprint density at radius 2 is 1.81 bits per heavy atom. The molecule has 6 nitrogen and oxygen atoms in total. The van der Waals surface area contributed by atoms with E-state index in [1.165, 1.54) is 5.56 Å². The first-order chi connectivity index (χ1) is 15.2. The lowest BCUT2D eigenvalue weighted by molar-refractivity contribution is -0.120. The van der Waals surface area contributed by atoms with Gasteiger partial charge in [0.2, 0.25) is 5.91 Å². The molecular weight excluding hydrogens is 410 g/mol. The van der Waals surface area contributed by atoms with Crippen molar-refractivity contribution < 1.29 is 14.3 Å². The second kappa shape index (κ2) is 10.5. The van der Waals surface area contributed by atoms with Crippen molar-refractivity contribution in [2.24, 2.45) is 0 Å². The van der Waals surface area contributed by atoms with Gasteiger partial charge in [0, 0.05) is 37.1 Å². The van der Waals surface area contributed by atoms with Gasteiger partial charge >= 0.3 is 0 Å². The van der Waals surface area contributed by atoms with Crippen LogP contribution in [0.15, 0.2) is 53.9 Å². The number of hydrogen-bond donors (Lipinski definition) is 1. The summed E-state index contributed by atoms with van der Waals surface area (Å²) in [6.45, 7) is 5.03. The number of nitrogens with one attached hydrogen (secondary N) is 1. The zero-order chi connectivity index (χ0) is 21.5. The number of nitrogens with zero attached hydrogens (tertiary/aromatic N) is 2. The molecule has 1 saturated heterocycles. The number of morpholine rings is 1. The third kappa shape index (κ3) is 6.13. The van der Waals surface area contributed by atoms with Crippen LogP contribution in [0.5, 0.6) is 5.75 Å². The fourth-order valence-electron chi connectivity index (χ4n) is 3.46. The summed E-state index contributed by atoms with van der Waals surface area (Å²) in [5.41, 5.74) is 4.20. The Morgan fingerprint density at radius 3 is 2.52 bits per heavy atom. The molecule has 7 heteroatoms. The Labute approximate surface area is 186 Å². The van der Waals surface area contributed by atoms with Crippen molar-refractivity contribution in [2.75, 3.05) is 33.4 Å². The molecule has 1 aliphatic heterocycles. The average molecular weight is 438 g/mol.